The van der Waals surface area contributed by atoms with E-state index in [-0.39, 0.29) is 0 Å². The molecule has 0 aliphatic rings. The first-order chi connectivity index (χ1) is 12.2. The molecule has 128 valence electrons. The van der Waals surface area contributed by atoms with Crippen LogP contribution in [-0.4, -0.2) is 34.1 Å². The summed E-state index contributed by atoms with van der Waals surface area (Å²) in [5.41, 5.74) is 3.63. The Bertz CT molecular complexity index is 1050. The van der Waals surface area contributed by atoms with Crippen LogP contribution in [0.15, 0.2) is 53.1 Å². The van der Waals surface area contributed by atoms with Gasteiger partial charge in [-0.3, -0.25) is 4.98 Å². The number of hydrogen-bond acceptors (Lipinski definition) is 2. The molecule has 0 bridgehead atoms. The van der Waals surface area contributed by atoms with Crippen LogP contribution >= 0.6 is 15.9 Å². The molecule has 0 aliphatic carbocycles. The van der Waals surface area contributed by atoms with E-state index in [1.807, 2.05) is 6.20 Å². The third kappa shape index (κ3) is 2.83. The van der Waals surface area contributed by atoms with Crippen molar-refractivity contribution in [3.63, 3.8) is 0 Å². The van der Waals surface area contributed by atoms with Gasteiger partial charge in [0.15, 0.2) is 0 Å². The largest absolute Gasteiger partial charge is 0.339 e. The first-order valence-corrected chi connectivity index (χ1v) is 9.69. The van der Waals surface area contributed by atoms with E-state index >= 15 is 0 Å². The highest BCUT2D eigenvalue weighted by atomic mass is 79.9. The molecule has 0 radical (unpaired) electrons. The monoisotopic (exact) mass is 395 g/mol. The third-order valence-electron chi connectivity index (χ3n) is 5.09. The Morgan fingerprint density at radius 2 is 1.80 bits per heavy atom. The fourth-order valence-corrected chi connectivity index (χ4v) is 4.06. The zero-order chi connectivity index (χ0) is 17.4. The number of para-hydroxylation sites is 1. The lowest BCUT2D eigenvalue weighted by molar-refractivity contribution is 0.293. The third-order valence-corrected chi connectivity index (χ3v) is 5.59. The van der Waals surface area contributed by atoms with Gasteiger partial charge in [-0.25, -0.2) is 0 Å². The second kappa shape index (κ2) is 6.77. The minimum Gasteiger partial charge on any atom is -0.339 e. The Hall–Kier alpha value is -1.91. The standard InChI is InChI=1S/C21H22BrN3/c1-3-24(4-2)11-12-25-20-8-6-5-7-16(20)18-14-23-19-13-15(22)9-10-17(19)21(18)25/h5-10,13-14H,3-4,11-12H2,1-2H3. The van der Waals surface area contributed by atoms with Crippen LogP contribution in [0.3, 0.4) is 0 Å². The van der Waals surface area contributed by atoms with Gasteiger partial charge in [-0.2, -0.15) is 0 Å². The molecule has 2 aromatic carbocycles. The quantitative estimate of drug-likeness (QED) is 0.448. The molecular formula is C21H22BrN3. The Kier molecular flexibility index (Phi) is 4.48. The normalized spacial score (nSPS) is 12.0. The van der Waals surface area contributed by atoms with Crippen molar-refractivity contribution < 1.29 is 0 Å². The lowest BCUT2D eigenvalue weighted by atomic mass is 10.1. The molecule has 4 heteroatoms. The number of likely N-dealkylation sites (N-methyl/N-ethyl adjacent to an activating group) is 1. The molecule has 0 saturated carbocycles. The number of rotatable bonds is 5. The number of halogens is 1. The van der Waals surface area contributed by atoms with Crippen molar-refractivity contribution in [2.24, 2.45) is 0 Å². The van der Waals surface area contributed by atoms with Gasteiger partial charge in [0.25, 0.3) is 0 Å². The molecule has 0 aliphatic heterocycles. The summed E-state index contributed by atoms with van der Waals surface area (Å²) < 4.78 is 3.54. The van der Waals surface area contributed by atoms with Gasteiger partial charge in [-0.05, 0) is 37.4 Å². The summed E-state index contributed by atoms with van der Waals surface area (Å²) in [7, 11) is 0. The maximum Gasteiger partial charge on any atom is 0.0734 e. The molecular weight excluding hydrogens is 374 g/mol. The minimum atomic E-state index is 0.987. The van der Waals surface area contributed by atoms with Crippen LogP contribution in [0.5, 0.6) is 0 Å². The Morgan fingerprint density at radius 1 is 1.00 bits per heavy atom. The zero-order valence-electron chi connectivity index (χ0n) is 14.7. The van der Waals surface area contributed by atoms with Crippen molar-refractivity contribution in [2.75, 3.05) is 19.6 Å². The van der Waals surface area contributed by atoms with Crippen molar-refractivity contribution in [3.8, 4) is 0 Å². The van der Waals surface area contributed by atoms with Gasteiger partial charge in [-0.1, -0.05) is 48.0 Å². The predicted octanol–water partition coefficient (Wildman–Crippen LogP) is 5.45. The van der Waals surface area contributed by atoms with Gasteiger partial charge in [0.2, 0.25) is 0 Å². The van der Waals surface area contributed by atoms with Crippen LogP contribution in [-0.2, 0) is 6.54 Å². The number of hydrogen-bond donors (Lipinski definition) is 0. The molecule has 0 fully saturated rings. The van der Waals surface area contributed by atoms with Crippen molar-refractivity contribution in [1.82, 2.24) is 14.5 Å². The molecule has 4 rings (SSSR count). The molecule has 0 N–H and O–H groups in total. The molecule has 0 unspecified atom stereocenters. The first-order valence-electron chi connectivity index (χ1n) is 8.90. The van der Waals surface area contributed by atoms with E-state index in [1.165, 1.54) is 27.2 Å². The molecule has 2 heterocycles. The fraction of sp³-hybridized carbons (Fsp3) is 0.286. The smallest absolute Gasteiger partial charge is 0.0734 e. The van der Waals surface area contributed by atoms with Crippen LogP contribution in [0.25, 0.3) is 32.7 Å². The second-order valence-corrected chi connectivity index (χ2v) is 7.29. The van der Waals surface area contributed by atoms with Gasteiger partial charge in [-0.15, -0.1) is 0 Å². The van der Waals surface area contributed by atoms with Crippen LogP contribution < -0.4 is 0 Å². The number of nitrogens with zero attached hydrogens (tertiary/aromatic N) is 3. The summed E-state index contributed by atoms with van der Waals surface area (Å²) in [4.78, 5) is 7.18. The number of benzene rings is 2. The van der Waals surface area contributed by atoms with Gasteiger partial charge < -0.3 is 9.47 Å². The van der Waals surface area contributed by atoms with Crippen LogP contribution in [0.4, 0.5) is 0 Å². The number of aromatic nitrogens is 2. The SMILES string of the molecule is CCN(CC)CCn1c2ccccc2c2cnc3cc(Br)ccc3c21. The molecule has 3 nitrogen and oxygen atoms in total. The Morgan fingerprint density at radius 3 is 2.60 bits per heavy atom. The van der Waals surface area contributed by atoms with E-state index in [2.05, 4.69) is 81.7 Å². The van der Waals surface area contributed by atoms with Crippen LogP contribution in [0.2, 0.25) is 0 Å². The second-order valence-electron chi connectivity index (χ2n) is 6.38. The highest BCUT2D eigenvalue weighted by Gasteiger charge is 2.14. The molecule has 0 saturated heterocycles. The molecule has 2 aromatic heterocycles. The number of fused-ring (bicyclic) bond motifs is 5. The van der Waals surface area contributed by atoms with E-state index in [4.69, 9.17) is 4.98 Å². The summed E-state index contributed by atoms with van der Waals surface area (Å²) in [6, 6.07) is 15.1. The van der Waals surface area contributed by atoms with E-state index < -0.39 is 0 Å². The number of pyridine rings is 1. The average molecular weight is 396 g/mol. The molecule has 0 atom stereocenters. The fourth-order valence-electron chi connectivity index (χ4n) is 3.71. The highest BCUT2D eigenvalue weighted by molar-refractivity contribution is 9.10. The molecule has 25 heavy (non-hydrogen) atoms. The van der Waals surface area contributed by atoms with Crippen molar-refractivity contribution in [2.45, 2.75) is 20.4 Å². The summed E-state index contributed by atoms with van der Waals surface area (Å²) in [5.74, 6) is 0. The van der Waals surface area contributed by atoms with E-state index in [1.54, 1.807) is 0 Å². The molecule has 0 spiro atoms. The minimum absolute atomic E-state index is 0.987. The van der Waals surface area contributed by atoms with Crippen molar-refractivity contribution in [1.29, 1.82) is 0 Å². The molecule has 4 aromatic rings. The van der Waals surface area contributed by atoms with Crippen molar-refractivity contribution >= 4 is 48.6 Å². The molecule has 0 amide bonds. The summed E-state index contributed by atoms with van der Waals surface area (Å²) >= 11 is 3.56. The summed E-state index contributed by atoms with van der Waals surface area (Å²) in [6.07, 6.45) is 2.03. The van der Waals surface area contributed by atoms with Gasteiger partial charge in [0, 0.05) is 45.4 Å². The summed E-state index contributed by atoms with van der Waals surface area (Å²) in [5, 5.41) is 3.75. The first kappa shape index (κ1) is 16.6. The van der Waals surface area contributed by atoms with Gasteiger partial charge in [0.05, 0.1) is 11.0 Å². The average Bonchev–Trinajstić information content (AvgIpc) is 2.96. The van der Waals surface area contributed by atoms with Crippen molar-refractivity contribution in [3.05, 3.63) is 53.1 Å². The van der Waals surface area contributed by atoms with E-state index in [0.29, 0.717) is 0 Å². The lowest BCUT2D eigenvalue weighted by Gasteiger charge is -2.19. The maximum absolute atomic E-state index is 4.71. The van der Waals surface area contributed by atoms with E-state index in [0.717, 1.165) is 36.2 Å². The maximum atomic E-state index is 4.71. The summed E-state index contributed by atoms with van der Waals surface area (Å²) in [6.45, 7) is 8.67. The van der Waals surface area contributed by atoms with Gasteiger partial charge >= 0.3 is 0 Å². The Balaban J connectivity index is 1.99. The highest BCUT2D eigenvalue weighted by Crippen LogP contribution is 2.33. The topological polar surface area (TPSA) is 21.1 Å². The van der Waals surface area contributed by atoms with Crippen LogP contribution in [0.1, 0.15) is 13.8 Å². The predicted molar refractivity (Wildman–Crippen MR) is 110 cm³/mol. The Labute approximate surface area is 156 Å². The van der Waals surface area contributed by atoms with Gasteiger partial charge in [0.1, 0.15) is 0 Å². The van der Waals surface area contributed by atoms with Crippen LogP contribution in [0, 0.1) is 0 Å². The van der Waals surface area contributed by atoms with E-state index in [9.17, 15) is 0 Å². The zero-order valence-corrected chi connectivity index (χ0v) is 16.3. The lowest BCUT2D eigenvalue weighted by Crippen LogP contribution is -2.27.